The van der Waals surface area contributed by atoms with Crippen molar-refractivity contribution in [1.82, 2.24) is 4.98 Å². The largest absolute Gasteiger partial charge is 0.451 e. The first-order valence-electron chi connectivity index (χ1n) is 1.86. The molecule has 1 aromatic heterocycles. The van der Waals surface area contributed by atoms with Crippen molar-refractivity contribution in [2.45, 2.75) is 5.33 Å². The Balaban J connectivity index is 0.000000490. The van der Waals surface area contributed by atoms with Crippen molar-refractivity contribution >= 4 is 32.9 Å². The maximum Gasteiger partial charge on any atom is 0.180 e. The van der Waals surface area contributed by atoms with Gasteiger partial charge in [0.2, 0.25) is 0 Å². The number of rotatable bonds is 1. The van der Waals surface area contributed by atoms with Crippen LogP contribution in [0.1, 0.15) is 5.69 Å². The quantitative estimate of drug-likeness (QED) is 0.706. The van der Waals surface area contributed by atoms with Crippen molar-refractivity contribution in [1.29, 1.82) is 0 Å². The summed E-state index contributed by atoms with van der Waals surface area (Å²) in [7, 11) is 0. The molecule has 0 radical (unpaired) electrons. The highest BCUT2D eigenvalue weighted by atomic mass is 79.9. The van der Waals surface area contributed by atoms with Gasteiger partial charge in [-0.2, -0.15) is 0 Å². The van der Waals surface area contributed by atoms with Crippen LogP contribution in [-0.2, 0) is 5.33 Å². The molecule has 46 valence electrons. The Labute approximate surface area is 66.2 Å². The summed E-state index contributed by atoms with van der Waals surface area (Å²) >= 11 is 3.21. The van der Waals surface area contributed by atoms with Gasteiger partial charge in [-0.3, -0.25) is 0 Å². The molecule has 1 aromatic rings. The monoisotopic (exact) mass is 241 g/mol. The van der Waals surface area contributed by atoms with E-state index in [1.54, 1.807) is 6.26 Å². The van der Waals surface area contributed by atoms with Gasteiger partial charge in [0.1, 0.15) is 6.26 Å². The molecule has 4 heteroatoms. The summed E-state index contributed by atoms with van der Waals surface area (Å²) in [6.07, 6.45) is 3.02. The zero-order valence-corrected chi connectivity index (χ0v) is 7.30. The molecular weight excluding hydrogens is 238 g/mol. The molecule has 0 aliphatic heterocycles. The van der Waals surface area contributed by atoms with E-state index in [4.69, 9.17) is 0 Å². The van der Waals surface area contributed by atoms with Gasteiger partial charge in [0, 0.05) is 5.33 Å². The molecule has 0 amide bonds. The van der Waals surface area contributed by atoms with Crippen LogP contribution < -0.4 is 0 Å². The van der Waals surface area contributed by atoms with Crippen LogP contribution in [0.25, 0.3) is 0 Å². The predicted molar refractivity (Wildman–Crippen MR) is 39.5 cm³/mol. The van der Waals surface area contributed by atoms with Gasteiger partial charge in [0.05, 0.1) is 5.69 Å². The van der Waals surface area contributed by atoms with E-state index in [9.17, 15) is 0 Å². The maximum atomic E-state index is 4.66. The van der Waals surface area contributed by atoms with Crippen molar-refractivity contribution in [2.24, 2.45) is 0 Å². The smallest absolute Gasteiger partial charge is 0.180 e. The number of hydrogen-bond donors (Lipinski definition) is 0. The lowest BCUT2D eigenvalue weighted by Gasteiger charge is -1.73. The van der Waals surface area contributed by atoms with Crippen molar-refractivity contribution in [3.8, 4) is 0 Å². The summed E-state index contributed by atoms with van der Waals surface area (Å²) in [6, 6.07) is 0. The van der Waals surface area contributed by atoms with Gasteiger partial charge in [-0.15, -0.1) is 17.0 Å². The topological polar surface area (TPSA) is 26.0 Å². The van der Waals surface area contributed by atoms with E-state index in [-0.39, 0.29) is 17.0 Å². The molecule has 2 nitrogen and oxygen atoms in total. The van der Waals surface area contributed by atoms with Gasteiger partial charge in [0.25, 0.3) is 0 Å². The molecule has 0 aliphatic carbocycles. The lowest BCUT2D eigenvalue weighted by atomic mass is 10.6. The van der Waals surface area contributed by atoms with E-state index in [0.717, 1.165) is 11.0 Å². The third-order valence-corrected chi connectivity index (χ3v) is 1.19. The molecule has 0 bridgehead atoms. The second-order valence-corrected chi connectivity index (χ2v) is 1.67. The zero-order valence-electron chi connectivity index (χ0n) is 4.00. The van der Waals surface area contributed by atoms with Crippen LogP contribution in [0.5, 0.6) is 0 Å². The second kappa shape index (κ2) is 4.09. The van der Waals surface area contributed by atoms with E-state index < -0.39 is 0 Å². The fourth-order valence-corrected chi connectivity index (χ4v) is 0.580. The lowest BCUT2D eigenvalue weighted by molar-refractivity contribution is 0.557. The Morgan fingerprint density at radius 3 is 2.75 bits per heavy atom. The minimum atomic E-state index is 0. The number of alkyl halides is 1. The maximum absolute atomic E-state index is 4.66. The first-order valence-corrected chi connectivity index (χ1v) is 2.98. The minimum Gasteiger partial charge on any atom is -0.451 e. The molecule has 0 saturated heterocycles. The molecular formula is C4H5Br2NO. The van der Waals surface area contributed by atoms with Gasteiger partial charge in [-0.05, 0) is 0 Å². The highest BCUT2D eigenvalue weighted by molar-refractivity contribution is 9.08. The standard InChI is InChI=1S/C4H4BrNO.BrH/c5-1-4-2-7-3-6-4;/h2-3H,1H2;1H. The lowest BCUT2D eigenvalue weighted by Crippen LogP contribution is -1.69. The number of hydrogen-bond acceptors (Lipinski definition) is 2. The van der Waals surface area contributed by atoms with Crippen LogP contribution in [0.3, 0.4) is 0 Å². The van der Waals surface area contributed by atoms with Crippen LogP contribution in [0, 0.1) is 0 Å². The average Bonchev–Trinajstić information content (AvgIpc) is 2.14. The minimum absolute atomic E-state index is 0. The molecule has 0 atom stereocenters. The van der Waals surface area contributed by atoms with E-state index in [0.29, 0.717) is 0 Å². The molecule has 0 aromatic carbocycles. The van der Waals surface area contributed by atoms with Crippen molar-refractivity contribution in [3.63, 3.8) is 0 Å². The fourth-order valence-electron chi connectivity index (χ4n) is 0.304. The first kappa shape index (κ1) is 8.17. The third-order valence-electron chi connectivity index (χ3n) is 0.620. The molecule has 0 saturated carbocycles. The fraction of sp³-hybridized carbons (Fsp3) is 0.250. The average molecular weight is 243 g/mol. The summed E-state index contributed by atoms with van der Waals surface area (Å²) < 4.78 is 4.66. The van der Waals surface area contributed by atoms with Gasteiger partial charge in [-0.1, -0.05) is 15.9 Å². The molecule has 0 fully saturated rings. The molecule has 0 N–H and O–H groups in total. The highest BCUT2D eigenvalue weighted by Crippen LogP contribution is 1.98. The van der Waals surface area contributed by atoms with E-state index >= 15 is 0 Å². The van der Waals surface area contributed by atoms with Gasteiger partial charge < -0.3 is 4.42 Å². The second-order valence-electron chi connectivity index (χ2n) is 1.11. The van der Waals surface area contributed by atoms with E-state index in [1.165, 1.54) is 6.39 Å². The molecule has 0 spiro atoms. The normalized spacial score (nSPS) is 8.12. The van der Waals surface area contributed by atoms with Crippen LogP contribution >= 0.6 is 32.9 Å². The number of nitrogens with zero attached hydrogens (tertiary/aromatic N) is 1. The highest BCUT2D eigenvalue weighted by Gasteiger charge is 1.87. The Morgan fingerprint density at radius 2 is 2.50 bits per heavy atom. The summed E-state index contributed by atoms with van der Waals surface area (Å²) in [5, 5.41) is 0.767. The summed E-state index contributed by atoms with van der Waals surface area (Å²) in [5.74, 6) is 0. The SMILES string of the molecule is Br.BrCc1cocn1. The van der Waals surface area contributed by atoms with Crippen LogP contribution in [0.2, 0.25) is 0 Å². The van der Waals surface area contributed by atoms with E-state index in [2.05, 4.69) is 25.3 Å². The van der Waals surface area contributed by atoms with Gasteiger partial charge in [0.15, 0.2) is 6.39 Å². The van der Waals surface area contributed by atoms with Crippen molar-refractivity contribution in [3.05, 3.63) is 18.4 Å². The molecule has 0 unspecified atom stereocenters. The molecule has 8 heavy (non-hydrogen) atoms. The molecule has 1 rings (SSSR count). The van der Waals surface area contributed by atoms with Crippen molar-refractivity contribution < 1.29 is 4.42 Å². The summed E-state index contributed by atoms with van der Waals surface area (Å²) in [4.78, 5) is 3.82. The van der Waals surface area contributed by atoms with Crippen LogP contribution in [0.15, 0.2) is 17.1 Å². The Kier molecular flexibility index (Phi) is 4.18. The number of halogens is 2. The summed E-state index contributed by atoms with van der Waals surface area (Å²) in [5.41, 5.74) is 0.931. The Morgan fingerprint density at radius 1 is 1.75 bits per heavy atom. The van der Waals surface area contributed by atoms with Gasteiger partial charge >= 0.3 is 0 Å². The van der Waals surface area contributed by atoms with Crippen LogP contribution in [0.4, 0.5) is 0 Å². The first-order chi connectivity index (χ1) is 3.43. The molecule has 0 aliphatic rings. The van der Waals surface area contributed by atoms with Gasteiger partial charge in [-0.25, -0.2) is 4.98 Å². The molecule has 1 heterocycles. The Bertz CT molecular complexity index is 129. The summed E-state index contributed by atoms with van der Waals surface area (Å²) in [6.45, 7) is 0. The predicted octanol–water partition coefficient (Wildman–Crippen LogP) is 2.15. The number of oxazole rings is 1. The van der Waals surface area contributed by atoms with E-state index in [1.807, 2.05) is 0 Å². The Hall–Kier alpha value is 0.170. The zero-order chi connectivity index (χ0) is 5.11. The van der Waals surface area contributed by atoms with Crippen LogP contribution in [-0.4, -0.2) is 4.98 Å². The number of aromatic nitrogens is 1. The van der Waals surface area contributed by atoms with Crippen molar-refractivity contribution in [2.75, 3.05) is 0 Å². The third kappa shape index (κ3) is 1.96.